The van der Waals surface area contributed by atoms with E-state index in [-0.39, 0.29) is 11.9 Å². The summed E-state index contributed by atoms with van der Waals surface area (Å²) < 4.78 is 0. The summed E-state index contributed by atoms with van der Waals surface area (Å²) in [5.41, 5.74) is 3.79. The van der Waals surface area contributed by atoms with Gasteiger partial charge in [-0.15, -0.1) is 11.3 Å². The molecule has 0 bridgehead atoms. The van der Waals surface area contributed by atoms with E-state index in [9.17, 15) is 10.1 Å². The number of benzene rings is 1. The second kappa shape index (κ2) is 9.15. The van der Waals surface area contributed by atoms with Crippen LogP contribution < -0.4 is 4.90 Å². The van der Waals surface area contributed by atoms with Gasteiger partial charge in [0.25, 0.3) is 5.91 Å². The number of carbonyl (C=O) groups excluding carboxylic acids is 1. The molecule has 2 heterocycles. The predicted octanol–water partition coefficient (Wildman–Crippen LogP) is 4.97. The predicted molar refractivity (Wildman–Crippen MR) is 117 cm³/mol. The highest BCUT2D eigenvalue weighted by atomic mass is 35.5. The highest BCUT2D eigenvalue weighted by Gasteiger charge is 2.33. The molecular weight excluding hydrogens is 404 g/mol. The number of carbonyl (C=O) groups is 1. The first-order chi connectivity index (χ1) is 14.2. The SMILES string of the molecule is N#Cc1ccc(N(CC2CCCCC2)[C@H]2CCN(C(=O)c3cscn3)C2)cc1Cl. The number of hydrogen-bond donors (Lipinski definition) is 0. The maximum Gasteiger partial charge on any atom is 0.273 e. The van der Waals surface area contributed by atoms with Gasteiger partial charge >= 0.3 is 0 Å². The molecule has 1 amide bonds. The summed E-state index contributed by atoms with van der Waals surface area (Å²) in [5, 5.41) is 11.5. The van der Waals surface area contributed by atoms with Crippen LogP contribution in [0.5, 0.6) is 0 Å². The second-order valence-electron chi connectivity index (χ2n) is 8.00. The molecule has 1 aromatic heterocycles. The van der Waals surface area contributed by atoms with Crippen LogP contribution in [0.1, 0.15) is 54.6 Å². The fourth-order valence-corrected chi connectivity index (χ4v) is 5.29. The molecule has 1 atom stereocenters. The van der Waals surface area contributed by atoms with E-state index < -0.39 is 0 Å². The van der Waals surface area contributed by atoms with Gasteiger partial charge in [-0.3, -0.25) is 4.79 Å². The minimum atomic E-state index is 0.0178. The van der Waals surface area contributed by atoms with Crippen molar-refractivity contribution in [1.29, 1.82) is 5.26 Å². The number of nitriles is 1. The lowest BCUT2D eigenvalue weighted by atomic mass is 9.88. The number of likely N-dealkylation sites (tertiary alicyclic amines) is 1. The van der Waals surface area contributed by atoms with E-state index in [4.69, 9.17) is 11.6 Å². The number of anilines is 1. The van der Waals surface area contributed by atoms with Crippen molar-refractivity contribution < 1.29 is 4.79 Å². The first kappa shape index (κ1) is 20.2. The van der Waals surface area contributed by atoms with Crippen molar-refractivity contribution >= 4 is 34.5 Å². The number of thiazole rings is 1. The molecule has 1 aliphatic carbocycles. The van der Waals surface area contributed by atoms with Crippen LogP contribution in [0.15, 0.2) is 29.1 Å². The van der Waals surface area contributed by atoms with Gasteiger partial charge in [0, 0.05) is 36.7 Å². The van der Waals surface area contributed by atoms with E-state index in [2.05, 4.69) is 16.0 Å². The van der Waals surface area contributed by atoms with Crippen molar-refractivity contribution in [2.75, 3.05) is 24.5 Å². The molecule has 2 aliphatic rings. The van der Waals surface area contributed by atoms with Crippen LogP contribution in [0, 0.1) is 17.2 Å². The van der Waals surface area contributed by atoms with E-state index in [0.29, 0.717) is 28.7 Å². The van der Waals surface area contributed by atoms with Crippen LogP contribution >= 0.6 is 22.9 Å². The molecule has 152 valence electrons. The van der Waals surface area contributed by atoms with Crippen molar-refractivity contribution in [3.63, 3.8) is 0 Å². The monoisotopic (exact) mass is 428 g/mol. The van der Waals surface area contributed by atoms with Crippen molar-refractivity contribution in [3.05, 3.63) is 45.4 Å². The average molecular weight is 429 g/mol. The topological polar surface area (TPSA) is 60.2 Å². The van der Waals surface area contributed by atoms with Crippen LogP contribution in [0.3, 0.4) is 0 Å². The van der Waals surface area contributed by atoms with Gasteiger partial charge in [-0.05, 0) is 43.4 Å². The zero-order chi connectivity index (χ0) is 20.2. The highest BCUT2D eigenvalue weighted by molar-refractivity contribution is 7.07. The third-order valence-electron chi connectivity index (χ3n) is 6.13. The number of aromatic nitrogens is 1. The summed E-state index contributed by atoms with van der Waals surface area (Å²) >= 11 is 7.80. The Morgan fingerprint density at radius 2 is 2.14 bits per heavy atom. The average Bonchev–Trinajstić information content (AvgIpc) is 3.45. The lowest BCUT2D eigenvalue weighted by Gasteiger charge is -2.36. The molecule has 0 spiro atoms. The van der Waals surface area contributed by atoms with Gasteiger partial charge in [-0.1, -0.05) is 30.9 Å². The van der Waals surface area contributed by atoms with Crippen molar-refractivity contribution in [2.45, 2.75) is 44.6 Å². The molecule has 2 fully saturated rings. The van der Waals surface area contributed by atoms with Crippen molar-refractivity contribution in [1.82, 2.24) is 9.88 Å². The minimum Gasteiger partial charge on any atom is -0.366 e. The summed E-state index contributed by atoms with van der Waals surface area (Å²) in [6.45, 7) is 2.42. The molecule has 7 heteroatoms. The minimum absolute atomic E-state index is 0.0178. The summed E-state index contributed by atoms with van der Waals surface area (Å²) in [4.78, 5) is 21.3. The maximum atomic E-state index is 12.7. The van der Waals surface area contributed by atoms with Gasteiger partial charge in [0.2, 0.25) is 0 Å². The van der Waals surface area contributed by atoms with E-state index in [1.54, 1.807) is 11.6 Å². The van der Waals surface area contributed by atoms with E-state index in [1.165, 1.54) is 43.4 Å². The summed E-state index contributed by atoms with van der Waals surface area (Å²) in [6.07, 6.45) is 7.37. The third-order valence-corrected chi connectivity index (χ3v) is 7.03. The quantitative estimate of drug-likeness (QED) is 0.674. The van der Waals surface area contributed by atoms with Crippen LogP contribution in [0.25, 0.3) is 0 Å². The lowest BCUT2D eigenvalue weighted by molar-refractivity contribution is 0.0785. The first-order valence-corrected chi connectivity index (χ1v) is 11.6. The van der Waals surface area contributed by atoms with Crippen LogP contribution in [0.2, 0.25) is 5.02 Å². The zero-order valence-corrected chi connectivity index (χ0v) is 18.0. The normalized spacial score (nSPS) is 19.9. The van der Waals surface area contributed by atoms with E-state index in [0.717, 1.165) is 25.2 Å². The summed E-state index contributed by atoms with van der Waals surface area (Å²) in [5.74, 6) is 0.686. The number of halogens is 1. The molecule has 0 unspecified atom stereocenters. The van der Waals surface area contributed by atoms with Gasteiger partial charge in [0.1, 0.15) is 11.8 Å². The van der Waals surface area contributed by atoms with Crippen LogP contribution in [-0.4, -0.2) is 41.5 Å². The molecule has 2 aromatic rings. The number of hydrogen-bond acceptors (Lipinski definition) is 5. The Kier molecular flexibility index (Phi) is 6.37. The van der Waals surface area contributed by atoms with Gasteiger partial charge in [0.05, 0.1) is 16.1 Å². The molecule has 1 saturated heterocycles. The molecule has 0 N–H and O–H groups in total. The number of nitrogens with zero attached hydrogens (tertiary/aromatic N) is 4. The number of rotatable bonds is 5. The Bertz CT molecular complexity index is 889. The third kappa shape index (κ3) is 4.57. The second-order valence-corrected chi connectivity index (χ2v) is 9.13. The molecule has 1 saturated carbocycles. The first-order valence-electron chi connectivity index (χ1n) is 10.3. The lowest BCUT2D eigenvalue weighted by Crippen LogP contribution is -2.42. The van der Waals surface area contributed by atoms with Gasteiger partial charge in [0.15, 0.2) is 0 Å². The van der Waals surface area contributed by atoms with Crippen LogP contribution in [-0.2, 0) is 0 Å². The Balaban J connectivity index is 1.54. The number of amides is 1. The molecule has 29 heavy (non-hydrogen) atoms. The Labute approximate surface area is 180 Å². The zero-order valence-electron chi connectivity index (χ0n) is 16.4. The van der Waals surface area contributed by atoms with E-state index >= 15 is 0 Å². The maximum absolute atomic E-state index is 12.7. The molecule has 4 rings (SSSR count). The Morgan fingerprint density at radius 1 is 1.31 bits per heavy atom. The molecule has 1 aromatic carbocycles. The van der Waals surface area contributed by atoms with Gasteiger partial charge < -0.3 is 9.80 Å². The molecule has 1 aliphatic heterocycles. The Hall–Kier alpha value is -2.10. The summed E-state index contributed by atoms with van der Waals surface area (Å²) in [7, 11) is 0. The molecular formula is C22H25ClN4OS. The highest BCUT2D eigenvalue weighted by Crippen LogP contribution is 2.32. The standard InChI is InChI=1S/C22H25ClN4OS/c23-20-10-18(7-6-17(20)11-24)27(12-16-4-2-1-3-5-16)19-8-9-26(13-19)22(28)21-14-29-15-25-21/h6-7,10,14-16,19H,1-5,8-9,12-13H2/t19-/m0/s1. The van der Waals surface area contributed by atoms with Gasteiger partial charge in [-0.2, -0.15) is 5.26 Å². The Morgan fingerprint density at radius 3 is 2.83 bits per heavy atom. The van der Waals surface area contributed by atoms with E-state index in [1.807, 2.05) is 22.4 Å². The summed E-state index contributed by atoms with van der Waals surface area (Å²) in [6, 6.07) is 8.11. The molecule has 5 nitrogen and oxygen atoms in total. The van der Waals surface area contributed by atoms with Crippen LogP contribution in [0.4, 0.5) is 5.69 Å². The van der Waals surface area contributed by atoms with Crippen molar-refractivity contribution in [3.8, 4) is 6.07 Å². The fraction of sp³-hybridized carbons (Fsp3) is 0.500. The van der Waals surface area contributed by atoms with Gasteiger partial charge in [-0.25, -0.2) is 4.98 Å². The van der Waals surface area contributed by atoms with Crippen molar-refractivity contribution in [2.24, 2.45) is 5.92 Å². The molecule has 0 radical (unpaired) electrons. The smallest absolute Gasteiger partial charge is 0.273 e. The largest absolute Gasteiger partial charge is 0.366 e. The fourth-order valence-electron chi connectivity index (χ4n) is 4.55.